The van der Waals surface area contributed by atoms with Crippen LogP contribution in [0, 0.1) is 5.92 Å². The zero-order chi connectivity index (χ0) is 13.8. The summed E-state index contributed by atoms with van der Waals surface area (Å²) in [5.41, 5.74) is 0.672. The Kier molecular flexibility index (Phi) is 4.93. The lowest BCUT2D eigenvalue weighted by atomic mass is 10.1. The van der Waals surface area contributed by atoms with E-state index in [-0.39, 0.29) is 11.9 Å². The van der Waals surface area contributed by atoms with E-state index in [2.05, 4.69) is 27.8 Å². The molecule has 0 radical (unpaired) electrons. The van der Waals surface area contributed by atoms with Crippen molar-refractivity contribution in [3.05, 3.63) is 28.5 Å². The van der Waals surface area contributed by atoms with Gasteiger partial charge < -0.3 is 9.64 Å². The molecule has 1 aromatic heterocycles. The first-order chi connectivity index (χ1) is 9.13. The van der Waals surface area contributed by atoms with Crippen LogP contribution in [0.3, 0.4) is 0 Å². The second-order valence-electron chi connectivity index (χ2n) is 4.94. The minimum absolute atomic E-state index is 0.0551. The van der Waals surface area contributed by atoms with Gasteiger partial charge in [0.25, 0.3) is 5.91 Å². The lowest BCUT2D eigenvalue weighted by molar-refractivity contribution is 0.0594. The predicted molar refractivity (Wildman–Crippen MR) is 77.0 cm³/mol. The molecule has 104 valence electrons. The fraction of sp³-hybridized carbons (Fsp3) is 0.571. The van der Waals surface area contributed by atoms with Crippen LogP contribution in [0.4, 0.5) is 0 Å². The van der Waals surface area contributed by atoms with Gasteiger partial charge in [0.15, 0.2) is 0 Å². The summed E-state index contributed by atoms with van der Waals surface area (Å²) in [5.74, 6) is 0.700. The predicted octanol–water partition coefficient (Wildman–Crippen LogP) is 2.73. The van der Waals surface area contributed by atoms with E-state index in [1.54, 1.807) is 25.4 Å². The molecule has 0 N–H and O–H groups in total. The molecule has 1 unspecified atom stereocenters. The molecule has 1 amide bonds. The second-order valence-corrected chi connectivity index (χ2v) is 5.75. The van der Waals surface area contributed by atoms with Crippen LogP contribution in [0.25, 0.3) is 0 Å². The molecular weight excluding hydrogens is 308 g/mol. The third-order valence-electron chi connectivity index (χ3n) is 3.57. The Hall–Kier alpha value is -0.940. The summed E-state index contributed by atoms with van der Waals surface area (Å²) >= 11 is 3.30. The average Bonchev–Trinajstić information content (AvgIpc) is 3.23. The van der Waals surface area contributed by atoms with Gasteiger partial charge in [-0.1, -0.05) is 0 Å². The van der Waals surface area contributed by atoms with Gasteiger partial charge in [0.2, 0.25) is 0 Å². The third kappa shape index (κ3) is 3.76. The van der Waals surface area contributed by atoms with E-state index >= 15 is 0 Å². The average molecular weight is 327 g/mol. The molecular formula is C14H19BrN2O2. The van der Waals surface area contributed by atoms with Crippen LogP contribution in [0.1, 0.15) is 30.1 Å². The van der Waals surface area contributed by atoms with E-state index in [0.29, 0.717) is 29.2 Å². The number of amides is 1. The maximum atomic E-state index is 12.6. The summed E-state index contributed by atoms with van der Waals surface area (Å²) in [4.78, 5) is 18.6. The summed E-state index contributed by atoms with van der Waals surface area (Å²) < 4.78 is 5.80. The highest BCUT2D eigenvalue weighted by Crippen LogP contribution is 2.35. The molecule has 1 atom stereocenters. The zero-order valence-electron chi connectivity index (χ0n) is 11.3. The maximum Gasteiger partial charge on any atom is 0.254 e. The van der Waals surface area contributed by atoms with Gasteiger partial charge in [-0.25, -0.2) is 4.98 Å². The number of carbonyl (C=O) groups excluding carboxylic acids is 1. The van der Waals surface area contributed by atoms with Gasteiger partial charge in [-0.2, -0.15) is 0 Å². The zero-order valence-corrected chi connectivity index (χ0v) is 12.9. The lowest BCUT2D eigenvalue weighted by Gasteiger charge is -2.29. The van der Waals surface area contributed by atoms with Gasteiger partial charge in [-0.15, -0.1) is 0 Å². The molecule has 0 aliphatic heterocycles. The molecule has 1 aliphatic rings. The molecule has 1 saturated carbocycles. The summed E-state index contributed by atoms with van der Waals surface area (Å²) in [6.07, 6.45) is 4.09. The van der Waals surface area contributed by atoms with Gasteiger partial charge in [0.1, 0.15) is 4.60 Å². The third-order valence-corrected chi connectivity index (χ3v) is 4.00. The van der Waals surface area contributed by atoms with Gasteiger partial charge in [0.05, 0.1) is 6.61 Å². The molecule has 1 aliphatic carbocycles. The fourth-order valence-corrected chi connectivity index (χ4v) is 2.58. The van der Waals surface area contributed by atoms with Crippen LogP contribution < -0.4 is 0 Å². The molecule has 1 heterocycles. The molecule has 4 nitrogen and oxygen atoms in total. The van der Waals surface area contributed by atoms with E-state index in [9.17, 15) is 4.79 Å². The number of carbonyl (C=O) groups is 1. The molecule has 1 fully saturated rings. The molecule has 1 aromatic rings. The topological polar surface area (TPSA) is 42.4 Å². The van der Waals surface area contributed by atoms with Crippen LogP contribution in [-0.4, -0.2) is 42.1 Å². The number of rotatable bonds is 6. The van der Waals surface area contributed by atoms with Crippen LogP contribution in [0.2, 0.25) is 0 Å². The van der Waals surface area contributed by atoms with E-state index in [0.717, 1.165) is 0 Å². The summed E-state index contributed by atoms with van der Waals surface area (Å²) in [6.45, 7) is 3.32. The van der Waals surface area contributed by atoms with Crippen LogP contribution >= 0.6 is 15.9 Å². The Morgan fingerprint density at radius 2 is 2.37 bits per heavy atom. The van der Waals surface area contributed by atoms with Crippen molar-refractivity contribution in [1.82, 2.24) is 9.88 Å². The largest absolute Gasteiger partial charge is 0.383 e. The van der Waals surface area contributed by atoms with Crippen molar-refractivity contribution in [1.29, 1.82) is 0 Å². The number of halogens is 1. The minimum Gasteiger partial charge on any atom is -0.383 e. The monoisotopic (exact) mass is 326 g/mol. The van der Waals surface area contributed by atoms with E-state index < -0.39 is 0 Å². The highest BCUT2D eigenvalue weighted by Gasteiger charge is 2.34. The molecule has 0 bridgehead atoms. The van der Waals surface area contributed by atoms with Crippen molar-refractivity contribution < 1.29 is 9.53 Å². The number of ether oxygens (including phenoxy) is 1. The molecule has 0 aromatic carbocycles. The van der Waals surface area contributed by atoms with Crippen molar-refractivity contribution in [3.8, 4) is 0 Å². The maximum absolute atomic E-state index is 12.6. The quantitative estimate of drug-likeness (QED) is 0.755. The van der Waals surface area contributed by atoms with Gasteiger partial charge in [0, 0.05) is 31.5 Å². The summed E-state index contributed by atoms with van der Waals surface area (Å²) in [7, 11) is 1.66. The minimum atomic E-state index is 0.0551. The number of hydrogen-bond acceptors (Lipinski definition) is 3. The molecule has 0 saturated heterocycles. The Morgan fingerprint density at radius 3 is 2.95 bits per heavy atom. The van der Waals surface area contributed by atoms with Crippen molar-refractivity contribution in [2.45, 2.75) is 25.8 Å². The first-order valence-corrected chi connectivity index (χ1v) is 7.34. The van der Waals surface area contributed by atoms with Gasteiger partial charge >= 0.3 is 0 Å². The Morgan fingerprint density at radius 1 is 1.63 bits per heavy atom. The summed E-state index contributed by atoms with van der Waals surface area (Å²) in [5, 5.41) is 0. The molecule has 0 spiro atoms. The van der Waals surface area contributed by atoms with Gasteiger partial charge in [-0.3, -0.25) is 4.79 Å². The van der Waals surface area contributed by atoms with Crippen LogP contribution in [0.5, 0.6) is 0 Å². The Labute approximate surface area is 122 Å². The van der Waals surface area contributed by atoms with Crippen molar-refractivity contribution in [3.63, 3.8) is 0 Å². The summed E-state index contributed by atoms with van der Waals surface area (Å²) in [6, 6.07) is 3.79. The first-order valence-electron chi connectivity index (χ1n) is 6.55. The van der Waals surface area contributed by atoms with E-state index in [4.69, 9.17) is 4.74 Å². The number of nitrogens with zero attached hydrogens (tertiary/aromatic N) is 2. The normalized spacial score (nSPS) is 16.2. The van der Waals surface area contributed by atoms with Crippen LogP contribution in [0.15, 0.2) is 22.9 Å². The van der Waals surface area contributed by atoms with E-state index in [1.165, 1.54) is 12.8 Å². The highest BCUT2D eigenvalue weighted by molar-refractivity contribution is 9.10. The standard InChI is InChI=1S/C14H19BrN2O2/c1-10(11-3-4-11)17(7-8-19-2)14(18)12-5-6-16-13(15)9-12/h5-6,9-11H,3-4,7-8H2,1-2H3. The SMILES string of the molecule is COCCN(C(=O)c1ccnc(Br)c1)C(C)C1CC1. The fourth-order valence-electron chi connectivity index (χ4n) is 2.21. The van der Waals surface area contributed by atoms with Gasteiger partial charge in [-0.05, 0) is 53.7 Å². The molecule has 2 rings (SSSR count). The van der Waals surface area contributed by atoms with Crippen LogP contribution in [-0.2, 0) is 4.74 Å². The second kappa shape index (κ2) is 6.48. The van der Waals surface area contributed by atoms with Crippen molar-refractivity contribution in [2.75, 3.05) is 20.3 Å². The Balaban J connectivity index is 2.14. The smallest absolute Gasteiger partial charge is 0.254 e. The van der Waals surface area contributed by atoms with Crippen molar-refractivity contribution >= 4 is 21.8 Å². The Bertz CT molecular complexity index is 449. The number of pyridine rings is 1. The van der Waals surface area contributed by atoms with E-state index in [1.807, 2.05) is 4.90 Å². The number of aromatic nitrogens is 1. The molecule has 19 heavy (non-hydrogen) atoms. The number of methoxy groups -OCH3 is 1. The first kappa shape index (κ1) is 14.5. The number of hydrogen-bond donors (Lipinski definition) is 0. The van der Waals surface area contributed by atoms with Crippen molar-refractivity contribution in [2.24, 2.45) is 5.92 Å². The lowest BCUT2D eigenvalue weighted by Crippen LogP contribution is -2.42. The molecule has 5 heteroatoms. The highest BCUT2D eigenvalue weighted by atomic mass is 79.9.